The lowest BCUT2D eigenvalue weighted by molar-refractivity contribution is -0.660. The van der Waals surface area contributed by atoms with Crippen molar-refractivity contribution >= 4 is 69.8 Å². The largest absolute Gasteiger partial charge is 0.307 e. The van der Waals surface area contributed by atoms with Crippen LogP contribution in [0.1, 0.15) is 90.2 Å². The summed E-state index contributed by atoms with van der Waals surface area (Å²) < 4.78 is 1.90. The van der Waals surface area contributed by atoms with Crippen molar-refractivity contribution in [1.29, 1.82) is 0 Å². The zero-order chi connectivity index (χ0) is 48.1. The summed E-state index contributed by atoms with van der Waals surface area (Å²) in [4.78, 5) is 60.1. The highest BCUT2D eigenvalue weighted by Crippen LogP contribution is 2.68. The van der Waals surface area contributed by atoms with Gasteiger partial charge in [0.05, 0.1) is 30.0 Å². The second-order valence-electron chi connectivity index (χ2n) is 19.0. The number of anilines is 4. The molecule has 2 aliphatic carbocycles. The monoisotopic (exact) mass is 963 g/mol. The van der Waals surface area contributed by atoms with E-state index in [1.165, 1.54) is 0 Å². The predicted molar refractivity (Wildman–Crippen MR) is 269 cm³/mol. The van der Waals surface area contributed by atoms with Crippen LogP contribution in [0.3, 0.4) is 0 Å². The zero-order valence-corrected chi connectivity index (χ0v) is 39.6. The number of halogens is 2. The zero-order valence-electron chi connectivity index (χ0n) is 38.1. The van der Waals surface area contributed by atoms with E-state index in [1.54, 1.807) is 18.2 Å². The van der Waals surface area contributed by atoms with E-state index in [0.717, 1.165) is 68.3 Å². The van der Waals surface area contributed by atoms with Gasteiger partial charge in [0.1, 0.15) is 0 Å². The Balaban J connectivity index is 0.790. The Labute approximate surface area is 413 Å². The molecule has 4 heterocycles. The number of hydrogen-bond acceptors (Lipinski definition) is 5. The van der Waals surface area contributed by atoms with Gasteiger partial charge in [0.25, 0.3) is 11.8 Å². The number of aromatic amines is 2. The minimum Gasteiger partial charge on any atom is -0.307 e. The molecule has 2 aliphatic heterocycles. The number of rotatable bonds is 11. The van der Waals surface area contributed by atoms with E-state index in [1.807, 2.05) is 150 Å². The standard InChI is InChI=1S/C56H44Cl2N8O4/c1-32-23-49(62-61-32)59-51(67)38-9-5-8-35(25-38)31-65-48-22-21-42(27-44(48)56(54(65)70)29-46(56)37-15-19-41(58)20-16-37)66-33(2)24-50(63-66)60-52(68)39-10-6-7-34(26-39)30-64-47-12-4-3-11-43(47)55(53(64)69)28-45(55)36-13-17-40(57)18-14-36/h3-27,45-46H,28-31H2,1-2H3,(H3,59,60,61,62,63,67,68)/p+1. The Bertz CT molecular complexity index is 3480. The van der Waals surface area contributed by atoms with Crippen LogP contribution in [0.25, 0.3) is 5.69 Å². The SMILES string of the molecule is Cc1cc(NC(=O)c2cccc(CN3C(=O)C4(CC4c4ccc(Cl)cc4)c4cc(-[n+]5[nH]c(NC(=O)c6cccc(CN7C(=O)C8(CC8c8ccc(Cl)cc8)c8ccccc87)c6)cc5C)ccc43)c2)n[nH]1. The van der Waals surface area contributed by atoms with Crippen molar-refractivity contribution in [1.82, 2.24) is 15.3 Å². The van der Waals surface area contributed by atoms with E-state index in [4.69, 9.17) is 23.2 Å². The van der Waals surface area contributed by atoms with Crippen LogP contribution in [0.5, 0.6) is 0 Å². The molecule has 8 aromatic rings. The topological polar surface area (TPSA) is 147 Å². The Morgan fingerprint density at radius 2 is 1.20 bits per heavy atom. The Morgan fingerprint density at radius 1 is 0.643 bits per heavy atom. The molecule has 12 rings (SSSR count). The van der Waals surface area contributed by atoms with Gasteiger partial charge >= 0.3 is 0 Å². The fourth-order valence-electron chi connectivity index (χ4n) is 11.1. The molecule has 346 valence electrons. The smallest absolute Gasteiger partial charge is 0.256 e. The molecule has 4 aliphatic rings. The van der Waals surface area contributed by atoms with Gasteiger partial charge in [-0.05, 0) is 114 Å². The highest BCUT2D eigenvalue weighted by atomic mass is 35.5. The maximum absolute atomic E-state index is 14.9. The third kappa shape index (κ3) is 7.20. The number of hydrogen-bond donors (Lipinski definition) is 4. The predicted octanol–water partition coefficient (Wildman–Crippen LogP) is 10.4. The summed E-state index contributed by atoms with van der Waals surface area (Å²) in [6, 6.07) is 47.8. The first-order valence-electron chi connectivity index (χ1n) is 23.2. The molecule has 4 unspecified atom stereocenters. The van der Waals surface area contributed by atoms with Crippen LogP contribution in [0.15, 0.2) is 152 Å². The van der Waals surface area contributed by atoms with Crippen molar-refractivity contribution in [2.24, 2.45) is 0 Å². The summed E-state index contributed by atoms with van der Waals surface area (Å²) in [5, 5.41) is 17.5. The molecular weight excluding hydrogens is 920 g/mol. The molecule has 0 saturated heterocycles. The van der Waals surface area contributed by atoms with E-state index in [-0.39, 0.29) is 42.0 Å². The fraction of sp³-hybridized carbons (Fsp3) is 0.179. The first-order valence-corrected chi connectivity index (χ1v) is 24.0. The molecule has 2 fully saturated rings. The average molecular weight is 965 g/mol. The van der Waals surface area contributed by atoms with Crippen LogP contribution in [0.4, 0.5) is 23.0 Å². The lowest BCUT2D eigenvalue weighted by Gasteiger charge is -2.19. The number of H-pyrrole nitrogens is 2. The number of para-hydroxylation sites is 1. The van der Waals surface area contributed by atoms with Crippen LogP contribution < -0.4 is 25.1 Å². The van der Waals surface area contributed by atoms with Crippen molar-refractivity contribution in [3.63, 3.8) is 0 Å². The molecule has 70 heavy (non-hydrogen) atoms. The van der Waals surface area contributed by atoms with Crippen molar-refractivity contribution in [2.45, 2.75) is 62.4 Å². The molecule has 12 nitrogen and oxygen atoms in total. The number of carbonyl (C=O) groups is 4. The van der Waals surface area contributed by atoms with Gasteiger partial charge in [-0.2, -0.15) is 5.10 Å². The number of nitrogens with one attached hydrogen (secondary N) is 4. The minimum atomic E-state index is -0.797. The number of carbonyl (C=O) groups excluding carboxylic acids is 4. The fourth-order valence-corrected chi connectivity index (χ4v) is 11.3. The van der Waals surface area contributed by atoms with Crippen LogP contribution in [0, 0.1) is 13.8 Å². The Morgan fingerprint density at radius 3 is 1.79 bits per heavy atom. The summed E-state index contributed by atoms with van der Waals surface area (Å²) in [7, 11) is 0. The van der Waals surface area contributed by atoms with Crippen molar-refractivity contribution in [3.8, 4) is 5.69 Å². The molecule has 2 spiro atoms. The van der Waals surface area contributed by atoms with Crippen LogP contribution in [0.2, 0.25) is 10.0 Å². The number of fused-ring (bicyclic) bond motifs is 4. The van der Waals surface area contributed by atoms with E-state index in [0.29, 0.717) is 45.8 Å². The molecule has 4 N–H and O–H groups in total. The van der Waals surface area contributed by atoms with Crippen LogP contribution >= 0.6 is 23.2 Å². The summed E-state index contributed by atoms with van der Waals surface area (Å²) in [5.74, 6) is 0.389. The number of nitrogens with zero attached hydrogens (tertiary/aromatic N) is 4. The number of aromatic nitrogens is 4. The van der Waals surface area contributed by atoms with E-state index in [2.05, 4.69) is 38.1 Å². The third-order valence-corrected chi connectivity index (χ3v) is 15.1. The molecule has 14 heteroatoms. The highest BCUT2D eigenvalue weighted by molar-refractivity contribution is 6.31. The molecule has 6 aromatic carbocycles. The lowest BCUT2D eigenvalue weighted by atomic mass is 9.91. The second kappa shape index (κ2) is 16.4. The average Bonchev–Trinajstić information content (AvgIpc) is 4.16. The summed E-state index contributed by atoms with van der Waals surface area (Å²) in [6.07, 6.45) is 1.36. The van der Waals surface area contributed by atoms with Gasteiger partial charge in [-0.3, -0.25) is 24.3 Å². The molecule has 0 bridgehead atoms. The van der Waals surface area contributed by atoms with Gasteiger partial charge in [0.2, 0.25) is 23.2 Å². The van der Waals surface area contributed by atoms with Gasteiger partial charge in [-0.15, -0.1) is 5.10 Å². The number of amides is 4. The van der Waals surface area contributed by atoms with Crippen LogP contribution in [-0.4, -0.2) is 38.9 Å². The van der Waals surface area contributed by atoms with E-state index >= 15 is 0 Å². The summed E-state index contributed by atoms with van der Waals surface area (Å²) in [5.41, 5.74) is 9.38. The Hall–Kier alpha value is -7.80. The maximum Gasteiger partial charge on any atom is 0.256 e. The van der Waals surface area contributed by atoms with Gasteiger partial charge in [-0.1, -0.05) is 94.6 Å². The van der Waals surface area contributed by atoms with Gasteiger partial charge in [0, 0.05) is 75.2 Å². The van der Waals surface area contributed by atoms with Gasteiger partial charge in [0.15, 0.2) is 11.6 Å². The number of aryl methyl sites for hydroxylation is 2. The van der Waals surface area contributed by atoms with E-state index < -0.39 is 10.8 Å². The third-order valence-electron chi connectivity index (χ3n) is 14.6. The maximum atomic E-state index is 14.9. The lowest BCUT2D eigenvalue weighted by Crippen LogP contribution is -2.35. The Kier molecular flexibility index (Phi) is 10.2. The molecule has 2 aromatic heterocycles. The molecular formula is C56H45Cl2N8O4+. The first-order chi connectivity index (χ1) is 33.9. The van der Waals surface area contributed by atoms with Gasteiger partial charge < -0.3 is 20.4 Å². The quantitative estimate of drug-likeness (QED) is 0.0954. The van der Waals surface area contributed by atoms with Gasteiger partial charge in [-0.25, -0.2) is 0 Å². The second-order valence-corrected chi connectivity index (χ2v) is 19.8. The minimum absolute atomic E-state index is 0.00248. The first kappa shape index (κ1) is 43.5. The number of benzene rings is 6. The molecule has 4 atom stereocenters. The molecule has 2 saturated carbocycles. The van der Waals surface area contributed by atoms with Crippen LogP contribution in [-0.2, 0) is 33.5 Å². The molecule has 4 amide bonds. The molecule has 0 radical (unpaired) electrons. The normalized spacial score (nSPS) is 20.5. The highest BCUT2D eigenvalue weighted by Gasteiger charge is 2.68. The van der Waals surface area contributed by atoms with Crippen molar-refractivity contribution < 1.29 is 23.9 Å². The van der Waals surface area contributed by atoms with Crippen molar-refractivity contribution in [2.75, 3.05) is 20.4 Å². The summed E-state index contributed by atoms with van der Waals surface area (Å²) in [6.45, 7) is 4.40. The van der Waals surface area contributed by atoms with Crippen molar-refractivity contribution in [3.05, 3.63) is 218 Å². The summed E-state index contributed by atoms with van der Waals surface area (Å²) >= 11 is 12.5. The van der Waals surface area contributed by atoms with E-state index in [9.17, 15) is 19.2 Å².